The number of nitrogens with zero attached hydrogens (tertiary/aromatic N) is 2. The Bertz CT molecular complexity index is 555. The monoisotopic (exact) mass is 242 g/mol. The summed E-state index contributed by atoms with van der Waals surface area (Å²) in [6, 6.07) is 3.25. The van der Waals surface area contributed by atoms with Crippen molar-refractivity contribution >= 4 is 12.2 Å². The Labute approximate surface area is 94.7 Å². The lowest BCUT2D eigenvalue weighted by Crippen LogP contribution is -2.13. The van der Waals surface area contributed by atoms with E-state index in [0.29, 0.717) is 11.4 Å². The third-order valence-electron chi connectivity index (χ3n) is 2.06. The normalized spacial score (nSPS) is 10.6. The average Bonchev–Trinajstić information content (AvgIpc) is 2.48. The van der Waals surface area contributed by atoms with Gasteiger partial charge in [0.15, 0.2) is 5.82 Å². The molecule has 0 atom stereocenters. The fraction of sp³-hybridized carbons (Fsp3) is 0.111. The lowest BCUT2D eigenvalue weighted by molar-refractivity contribution is 0.580. The van der Waals surface area contributed by atoms with Gasteiger partial charge in [-0.3, -0.25) is 5.10 Å². The van der Waals surface area contributed by atoms with E-state index in [1.54, 1.807) is 0 Å². The molecular formula is C9H8F2N4S. The molecule has 0 saturated heterocycles. The minimum absolute atomic E-state index is 0.207. The van der Waals surface area contributed by atoms with Crippen LogP contribution < -0.4 is 5.84 Å². The van der Waals surface area contributed by atoms with Crippen molar-refractivity contribution in [2.45, 2.75) is 6.42 Å². The summed E-state index contributed by atoms with van der Waals surface area (Å²) < 4.78 is 27.2. The maximum absolute atomic E-state index is 12.9. The first-order chi connectivity index (χ1) is 7.56. The second kappa shape index (κ2) is 4.01. The number of halogens is 2. The number of rotatable bonds is 2. The van der Waals surface area contributed by atoms with Crippen LogP contribution >= 0.6 is 12.2 Å². The van der Waals surface area contributed by atoms with Crippen LogP contribution in [0.1, 0.15) is 11.4 Å². The number of hydrogen-bond acceptors (Lipinski definition) is 3. The van der Waals surface area contributed by atoms with E-state index >= 15 is 0 Å². The Morgan fingerprint density at radius 2 is 1.94 bits per heavy atom. The number of nitrogens with two attached hydrogens (primary N) is 1. The van der Waals surface area contributed by atoms with Gasteiger partial charge in [0.25, 0.3) is 0 Å². The number of hydrogen-bond donors (Lipinski definition) is 2. The van der Waals surface area contributed by atoms with Crippen molar-refractivity contribution in [3.63, 3.8) is 0 Å². The van der Waals surface area contributed by atoms with Gasteiger partial charge in [-0.05, 0) is 29.9 Å². The largest absolute Gasteiger partial charge is 0.335 e. The van der Waals surface area contributed by atoms with E-state index in [-0.39, 0.29) is 11.2 Å². The van der Waals surface area contributed by atoms with E-state index in [9.17, 15) is 8.78 Å². The molecule has 0 radical (unpaired) electrons. The Balaban J connectivity index is 2.34. The molecule has 0 spiro atoms. The molecule has 1 heterocycles. The van der Waals surface area contributed by atoms with Crippen LogP contribution in [0.25, 0.3) is 0 Å². The van der Waals surface area contributed by atoms with Crippen LogP contribution in [0.3, 0.4) is 0 Å². The minimum Gasteiger partial charge on any atom is -0.335 e. The molecule has 0 amide bonds. The summed E-state index contributed by atoms with van der Waals surface area (Å²) in [7, 11) is 0. The Morgan fingerprint density at radius 3 is 2.44 bits per heavy atom. The van der Waals surface area contributed by atoms with Gasteiger partial charge < -0.3 is 5.84 Å². The highest BCUT2D eigenvalue weighted by atomic mass is 32.1. The molecule has 1 aromatic heterocycles. The molecule has 2 aromatic rings. The number of nitrogen functional groups attached to an aromatic ring is 1. The minimum atomic E-state index is -0.632. The highest BCUT2D eigenvalue weighted by molar-refractivity contribution is 7.71. The summed E-state index contributed by atoms with van der Waals surface area (Å²) in [5.74, 6) is 4.71. The molecule has 0 saturated carbocycles. The van der Waals surface area contributed by atoms with E-state index in [1.807, 2.05) is 0 Å². The summed E-state index contributed by atoms with van der Waals surface area (Å²) in [5, 5.41) is 6.34. The number of aromatic amines is 1. The smallest absolute Gasteiger partial charge is 0.214 e. The van der Waals surface area contributed by atoms with Crippen molar-refractivity contribution in [1.29, 1.82) is 0 Å². The van der Waals surface area contributed by atoms with E-state index in [0.717, 1.165) is 10.7 Å². The molecule has 1 aromatic carbocycles. The predicted molar refractivity (Wildman–Crippen MR) is 56.7 cm³/mol. The van der Waals surface area contributed by atoms with Crippen LogP contribution in [0.5, 0.6) is 0 Å². The van der Waals surface area contributed by atoms with Crippen LogP contribution in [0.2, 0.25) is 0 Å². The fourth-order valence-corrected chi connectivity index (χ4v) is 1.51. The van der Waals surface area contributed by atoms with E-state index in [2.05, 4.69) is 10.2 Å². The van der Waals surface area contributed by atoms with Gasteiger partial charge in [-0.2, -0.15) is 5.10 Å². The molecule has 16 heavy (non-hydrogen) atoms. The van der Waals surface area contributed by atoms with E-state index in [4.69, 9.17) is 18.1 Å². The van der Waals surface area contributed by atoms with Gasteiger partial charge in [0.2, 0.25) is 4.77 Å². The first-order valence-corrected chi connectivity index (χ1v) is 4.83. The average molecular weight is 242 g/mol. The summed E-state index contributed by atoms with van der Waals surface area (Å²) in [6.07, 6.45) is 0.207. The lowest BCUT2D eigenvalue weighted by Gasteiger charge is -2.01. The van der Waals surface area contributed by atoms with Crippen LogP contribution in [0.4, 0.5) is 8.78 Å². The van der Waals surface area contributed by atoms with Gasteiger partial charge in [0, 0.05) is 12.5 Å². The second-order valence-electron chi connectivity index (χ2n) is 3.27. The van der Waals surface area contributed by atoms with Crippen LogP contribution in [0.15, 0.2) is 18.2 Å². The quantitative estimate of drug-likeness (QED) is 0.620. The lowest BCUT2D eigenvalue weighted by atomic mass is 10.1. The van der Waals surface area contributed by atoms with Crippen molar-refractivity contribution in [2.24, 2.45) is 0 Å². The summed E-state index contributed by atoms with van der Waals surface area (Å²) in [4.78, 5) is 0. The van der Waals surface area contributed by atoms with Crippen molar-refractivity contribution in [3.05, 3.63) is 46.0 Å². The highest BCUT2D eigenvalue weighted by Crippen LogP contribution is 2.11. The predicted octanol–water partition coefficient (Wildman–Crippen LogP) is 1.52. The van der Waals surface area contributed by atoms with Crippen LogP contribution in [-0.4, -0.2) is 14.9 Å². The molecule has 4 nitrogen and oxygen atoms in total. The summed E-state index contributed by atoms with van der Waals surface area (Å²) in [6.45, 7) is 0. The Morgan fingerprint density at radius 1 is 1.31 bits per heavy atom. The van der Waals surface area contributed by atoms with Gasteiger partial charge in [0.1, 0.15) is 11.6 Å². The molecule has 0 aliphatic heterocycles. The number of nitrogens with one attached hydrogen (secondary N) is 1. The highest BCUT2D eigenvalue weighted by Gasteiger charge is 2.06. The first-order valence-electron chi connectivity index (χ1n) is 4.42. The molecule has 84 valence electrons. The maximum Gasteiger partial charge on any atom is 0.214 e. The third kappa shape index (κ3) is 2.08. The maximum atomic E-state index is 12.9. The summed E-state index contributed by atoms with van der Waals surface area (Å²) >= 11 is 4.81. The first kappa shape index (κ1) is 10.7. The molecule has 3 N–H and O–H groups in total. The topological polar surface area (TPSA) is 59.6 Å². The third-order valence-corrected chi connectivity index (χ3v) is 2.35. The molecular weight excluding hydrogens is 234 g/mol. The van der Waals surface area contributed by atoms with Gasteiger partial charge >= 0.3 is 0 Å². The van der Waals surface area contributed by atoms with E-state index < -0.39 is 11.6 Å². The van der Waals surface area contributed by atoms with Crippen molar-refractivity contribution < 1.29 is 8.78 Å². The summed E-state index contributed by atoms with van der Waals surface area (Å²) in [5.41, 5.74) is 0.443. The van der Waals surface area contributed by atoms with Crippen molar-refractivity contribution in [3.8, 4) is 0 Å². The molecule has 0 unspecified atom stereocenters. The molecule has 0 aliphatic rings. The van der Waals surface area contributed by atoms with Crippen molar-refractivity contribution in [2.75, 3.05) is 5.84 Å². The molecule has 0 aliphatic carbocycles. The number of aromatic nitrogens is 3. The van der Waals surface area contributed by atoms with Crippen LogP contribution in [0, 0.1) is 16.4 Å². The standard InChI is InChI=1S/C9H8F2N4S/c10-6-1-5(2-7(11)4-6)3-8-13-14-9(16)15(8)12/h1-2,4H,3,12H2,(H,14,16). The van der Waals surface area contributed by atoms with E-state index in [1.165, 1.54) is 12.1 Å². The molecule has 0 bridgehead atoms. The zero-order chi connectivity index (χ0) is 11.7. The van der Waals surface area contributed by atoms with Crippen LogP contribution in [-0.2, 0) is 6.42 Å². The molecule has 2 rings (SSSR count). The zero-order valence-corrected chi connectivity index (χ0v) is 8.89. The van der Waals surface area contributed by atoms with Gasteiger partial charge in [-0.1, -0.05) is 0 Å². The zero-order valence-electron chi connectivity index (χ0n) is 8.08. The number of benzene rings is 1. The van der Waals surface area contributed by atoms with Gasteiger partial charge in [-0.25, -0.2) is 13.5 Å². The van der Waals surface area contributed by atoms with Gasteiger partial charge in [0.05, 0.1) is 0 Å². The second-order valence-corrected chi connectivity index (χ2v) is 3.66. The fourth-order valence-electron chi connectivity index (χ4n) is 1.36. The Kier molecular flexibility index (Phi) is 2.69. The number of H-pyrrole nitrogens is 1. The SMILES string of the molecule is Nn1c(Cc2cc(F)cc(F)c2)n[nH]c1=S. The molecule has 0 fully saturated rings. The Hall–Kier alpha value is -1.76. The van der Waals surface area contributed by atoms with Gasteiger partial charge in [-0.15, -0.1) is 0 Å². The molecule has 7 heteroatoms. The van der Waals surface area contributed by atoms with Crippen molar-refractivity contribution in [1.82, 2.24) is 14.9 Å².